The number of carbonyl (C=O) groups is 2. The molecule has 0 bridgehead atoms. The number of hydrogen-bond acceptors (Lipinski definition) is 4. The van der Waals surface area contributed by atoms with Crippen molar-refractivity contribution in [2.75, 3.05) is 13.7 Å². The third-order valence-corrected chi connectivity index (χ3v) is 3.06. The lowest BCUT2D eigenvalue weighted by Gasteiger charge is -2.18. The van der Waals surface area contributed by atoms with Crippen LogP contribution >= 0.6 is 0 Å². The van der Waals surface area contributed by atoms with Crippen LogP contribution in [-0.2, 0) is 16.0 Å². The van der Waals surface area contributed by atoms with Crippen LogP contribution in [0, 0.1) is 0 Å². The average molecular weight is 248 g/mol. The van der Waals surface area contributed by atoms with Gasteiger partial charge in [0.05, 0.1) is 20.1 Å². The number of methoxy groups -OCH3 is 1. The molecule has 0 saturated carbocycles. The van der Waals surface area contributed by atoms with Crippen molar-refractivity contribution in [1.82, 2.24) is 0 Å². The number of rotatable bonds is 4. The third-order valence-electron chi connectivity index (χ3n) is 3.06. The van der Waals surface area contributed by atoms with Gasteiger partial charge in [0.1, 0.15) is 5.75 Å². The van der Waals surface area contributed by atoms with Gasteiger partial charge in [0, 0.05) is 17.5 Å². The maximum absolute atomic E-state index is 11.7. The Morgan fingerprint density at radius 3 is 2.94 bits per heavy atom. The van der Waals surface area contributed by atoms with E-state index in [1.165, 1.54) is 7.11 Å². The second-order valence-electron chi connectivity index (χ2n) is 4.23. The molecule has 18 heavy (non-hydrogen) atoms. The first-order valence-electron chi connectivity index (χ1n) is 6.07. The van der Waals surface area contributed by atoms with Crippen molar-refractivity contribution in [3.8, 4) is 5.75 Å². The molecule has 4 nitrogen and oxygen atoms in total. The number of carbonyl (C=O) groups excluding carboxylic acids is 2. The molecule has 1 aromatic rings. The Morgan fingerprint density at radius 1 is 1.33 bits per heavy atom. The monoisotopic (exact) mass is 248 g/mol. The molecule has 0 aromatic heterocycles. The Balaban J connectivity index is 2.07. The highest BCUT2D eigenvalue weighted by molar-refractivity contribution is 5.99. The predicted molar refractivity (Wildman–Crippen MR) is 65.8 cm³/mol. The molecule has 2 rings (SSSR count). The summed E-state index contributed by atoms with van der Waals surface area (Å²) in [6.45, 7) is 0.275. The average Bonchev–Trinajstić information content (AvgIpc) is 2.39. The lowest BCUT2D eigenvalue weighted by Crippen LogP contribution is -2.14. The summed E-state index contributed by atoms with van der Waals surface area (Å²) in [6.07, 6.45) is 2.55. The fraction of sp³-hybridized carbons (Fsp3) is 0.429. The molecule has 1 aliphatic carbocycles. The molecule has 0 spiro atoms. The summed E-state index contributed by atoms with van der Waals surface area (Å²) >= 11 is 0. The van der Waals surface area contributed by atoms with E-state index < -0.39 is 0 Å². The molecule has 0 fully saturated rings. The molecule has 0 amide bonds. The van der Waals surface area contributed by atoms with Gasteiger partial charge >= 0.3 is 5.97 Å². The maximum Gasteiger partial charge on any atom is 0.308 e. The van der Waals surface area contributed by atoms with Gasteiger partial charge in [0.25, 0.3) is 0 Å². The molecule has 0 N–H and O–H groups in total. The van der Waals surface area contributed by atoms with Crippen molar-refractivity contribution in [2.45, 2.75) is 25.7 Å². The number of ether oxygens (including phenoxy) is 2. The minimum absolute atomic E-state index is 0.176. The fourth-order valence-corrected chi connectivity index (χ4v) is 2.13. The highest BCUT2D eigenvalue weighted by atomic mass is 16.5. The largest absolute Gasteiger partial charge is 0.493 e. The van der Waals surface area contributed by atoms with E-state index in [2.05, 4.69) is 4.74 Å². The summed E-state index contributed by atoms with van der Waals surface area (Å²) in [7, 11) is 1.35. The topological polar surface area (TPSA) is 52.6 Å². The number of Topliss-reactive ketones (excluding diaryl/α,β-unsaturated/α-hetero) is 1. The van der Waals surface area contributed by atoms with E-state index in [0.29, 0.717) is 12.2 Å². The second-order valence-corrected chi connectivity index (χ2v) is 4.23. The lowest BCUT2D eigenvalue weighted by atomic mass is 9.90. The molecule has 96 valence electrons. The van der Waals surface area contributed by atoms with Crippen molar-refractivity contribution in [3.63, 3.8) is 0 Å². The normalized spacial score (nSPS) is 13.9. The van der Waals surface area contributed by atoms with E-state index in [0.717, 1.165) is 24.0 Å². The molecule has 0 radical (unpaired) electrons. The fourth-order valence-electron chi connectivity index (χ4n) is 2.13. The standard InChI is InChI=1S/C14H16O4/c1-17-14(16)8-9-18-13-7-3-4-10-11(13)5-2-6-12(10)15/h3-4,7H,2,5-6,8-9H2,1H3. The van der Waals surface area contributed by atoms with Gasteiger partial charge in [-0.05, 0) is 18.9 Å². The highest BCUT2D eigenvalue weighted by Gasteiger charge is 2.20. The first-order chi connectivity index (χ1) is 8.72. The van der Waals surface area contributed by atoms with E-state index in [1.54, 1.807) is 0 Å². The number of hydrogen-bond donors (Lipinski definition) is 0. The van der Waals surface area contributed by atoms with Crippen LogP contribution in [0.2, 0.25) is 0 Å². The molecular weight excluding hydrogens is 232 g/mol. The summed E-state index contributed by atoms with van der Waals surface area (Å²) in [5, 5.41) is 0. The van der Waals surface area contributed by atoms with Gasteiger partial charge in [-0.15, -0.1) is 0 Å². The number of benzene rings is 1. The number of esters is 1. The molecule has 1 aliphatic rings. The maximum atomic E-state index is 11.7. The highest BCUT2D eigenvalue weighted by Crippen LogP contribution is 2.29. The van der Waals surface area contributed by atoms with Crippen LogP contribution in [0.25, 0.3) is 0 Å². The van der Waals surface area contributed by atoms with Crippen molar-refractivity contribution in [3.05, 3.63) is 29.3 Å². The third kappa shape index (κ3) is 2.70. The quantitative estimate of drug-likeness (QED) is 0.766. The van der Waals surface area contributed by atoms with Crippen molar-refractivity contribution >= 4 is 11.8 Å². The molecule has 0 heterocycles. The Labute approximate surface area is 106 Å². The van der Waals surface area contributed by atoms with E-state index >= 15 is 0 Å². The van der Waals surface area contributed by atoms with Gasteiger partial charge in [0.2, 0.25) is 0 Å². The van der Waals surface area contributed by atoms with Crippen LogP contribution in [-0.4, -0.2) is 25.5 Å². The Morgan fingerprint density at radius 2 is 2.17 bits per heavy atom. The Bertz CT molecular complexity index is 465. The summed E-state index contributed by atoms with van der Waals surface area (Å²) in [4.78, 5) is 22.7. The minimum Gasteiger partial charge on any atom is -0.493 e. The summed E-state index contributed by atoms with van der Waals surface area (Å²) in [5.41, 5.74) is 1.73. The minimum atomic E-state index is -0.295. The first-order valence-corrected chi connectivity index (χ1v) is 6.07. The Kier molecular flexibility index (Phi) is 3.97. The van der Waals surface area contributed by atoms with Crippen LogP contribution < -0.4 is 4.74 Å². The van der Waals surface area contributed by atoms with Gasteiger partial charge in [-0.3, -0.25) is 9.59 Å². The van der Waals surface area contributed by atoms with Crippen LogP contribution in [0.5, 0.6) is 5.75 Å². The van der Waals surface area contributed by atoms with Gasteiger partial charge in [-0.1, -0.05) is 12.1 Å². The Hall–Kier alpha value is -1.84. The molecule has 0 aliphatic heterocycles. The molecule has 0 atom stereocenters. The van der Waals surface area contributed by atoms with Crippen LogP contribution in [0.4, 0.5) is 0 Å². The van der Waals surface area contributed by atoms with Gasteiger partial charge < -0.3 is 9.47 Å². The predicted octanol–water partition coefficient (Wildman–Crippen LogP) is 2.15. The van der Waals surface area contributed by atoms with Crippen molar-refractivity contribution < 1.29 is 19.1 Å². The van der Waals surface area contributed by atoms with Gasteiger partial charge in [-0.2, -0.15) is 0 Å². The SMILES string of the molecule is COC(=O)CCOc1cccc2c1CCCC2=O. The molecule has 1 aromatic carbocycles. The number of ketones is 1. The summed E-state index contributed by atoms with van der Waals surface area (Å²) < 4.78 is 10.1. The zero-order valence-corrected chi connectivity index (χ0v) is 10.4. The zero-order valence-electron chi connectivity index (χ0n) is 10.4. The van der Waals surface area contributed by atoms with E-state index in [9.17, 15) is 9.59 Å². The van der Waals surface area contributed by atoms with Crippen molar-refractivity contribution in [1.29, 1.82) is 0 Å². The molecule has 4 heteroatoms. The van der Waals surface area contributed by atoms with E-state index in [-0.39, 0.29) is 24.8 Å². The second kappa shape index (κ2) is 5.67. The summed E-state index contributed by atoms with van der Waals surface area (Å²) in [6, 6.07) is 5.49. The molecular formula is C14H16O4. The van der Waals surface area contributed by atoms with E-state index in [1.807, 2.05) is 18.2 Å². The van der Waals surface area contributed by atoms with Gasteiger partial charge in [-0.25, -0.2) is 0 Å². The lowest BCUT2D eigenvalue weighted by molar-refractivity contribution is -0.141. The zero-order chi connectivity index (χ0) is 13.0. The van der Waals surface area contributed by atoms with E-state index in [4.69, 9.17) is 4.74 Å². The van der Waals surface area contributed by atoms with Crippen molar-refractivity contribution in [2.24, 2.45) is 0 Å². The number of fused-ring (bicyclic) bond motifs is 1. The molecule has 0 unspecified atom stereocenters. The smallest absolute Gasteiger partial charge is 0.308 e. The van der Waals surface area contributed by atoms with Crippen LogP contribution in [0.3, 0.4) is 0 Å². The van der Waals surface area contributed by atoms with Gasteiger partial charge in [0.15, 0.2) is 5.78 Å². The summed E-state index contributed by atoms with van der Waals surface area (Å²) in [5.74, 6) is 0.593. The van der Waals surface area contributed by atoms with Crippen LogP contribution in [0.15, 0.2) is 18.2 Å². The van der Waals surface area contributed by atoms with Crippen LogP contribution in [0.1, 0.15) is 35.2 Å². The first kappa shape index (κ1) is 12.6. The molecule has 0 saturated heterocycles.